The summed E-state index contributed by atoms with van der Waals surface area (Å²) in [6.07, 6.45) is 0.455. The number of rotatable bonds is 6. The van der Waals surface area contributed by atoms with Crippen LogP contribution in [0.25, 0.3) is 11.0 Å². The Labute approximate surface area is 168 Å². The number of hydrogen-bond acceptors (Lipinski definition) is 5. The lowest BCUT2D eigenvalue weighted by molar-refractivity contribution is -0.152. The fourth-order valence-electron chi connectivity index (χ4n) is 3.05. The zero-order chi connectivity index (χ0) is 21.3. The highest BCUT2D eigenvalue weighted by atomic mass is 16.5. The molecule has 6 heteroatoms. The van der Waals surface area contributed by atoms with Gasteiger partial charge in [0.05, 0.1) is 5.39 Å². The molecule has 0 unspecified atom stereocenters. The van der Waals surface area contributed by atoms with E-state index in [0.717, 1.165) is 11.1 Å². The molecule has 0 atom stereocenters. The molecule has 0 spiro atoms. The molecule has 152 valence electrons. The summed E-state index contributed by atoms with van der Waals surface area (Å²) in [4.78, 5) is 24.4. The summed E-state index contributed by atoms with van der Waals surface area (Å²) in [6, 6.07) is 10.4. The lowest BCUT2D eigenvalue weighted by atomic mass is 10.1. The van der Waals surface area contributed by atoms with Gasteiger partial charge in [-0.15, -0.1) is 0 Å². The van der Waals surface area contributed by atoms with Gasteiger partial charge in [-0.05, 0) is 63.1 Å². The molecule has 3 aromatic rings. The van der Waals surface area contributed by atoms with Crippen LogP contribution < -0.4 is 14.9 Å². The van der Waals surface area contributed by atoms with Crippen LogP contribution in [0.1, 0.15) is 37.7 Å². The molecule has 0 fully saturated rings. The molecule has 0 radical (unpaired) electrons. The van der Waals surface area contributed by atoms with Gasteiger partial charge in [-0.25, -0.2) is 4.79 Å². The van der Waals surface area contributed by atoms with Crippen LogP contribution >= 0.6 is 0 Å². The summed E-state index contributed by atoms with van der Waals surface area (Å²) in [5.41, 5.74) is 0.690. The first-order valence-corrected chi connectivity index (χ1v) is 9.39. The Morgan fingerprint density at radius 3 is 2.31 bits per heavy atom. The van der Waals surface area contributed by atoms with E-state index in [1.54, 1.807) is 12.1 Å². The van der Waals surface area contributed by atoms with Crippen LogP contribution in [0.2, 0.25) is 0 Å². The summed E-state index contributed by atoms with van der Waals surface area (Å²) in [5, 5.41) is 9.58. The Kier molecular flexibility index (Phi) is 5.38. The van der Waals surface area contributed by atoms with Crippen molar-refractivity contribution >= 4 is 16.9 Å². The van der Waals surface area contributed by atoms with Gasteiger partial charge in [0.2, 0.25) is 11.2 Å². The molecule has 1 aromatic heterocycles. The van der Waals surface area contributed by atoms with Gasteiger partial charge in [-0.2, -0.15) is 0 Å². The molecule has 0 saturated carbocycles. The van der Waals surface area contributed by atoms with Gasteiger partial charge in [0, 0.05) is 12.5 Å². The summed E-state index contributed by atoms with van der Waals surface area (Å²) in [5.74, 6) is 0.358. The first-order valence-electron chi connectivity index (χ1n) is 9.39. The molecule has 0 amide bonds. The quantitative estimate of drug-likeness (QED) is 0.631. The van der Waals surface area contributed by atoms with Gasteiger partial charge >= 0.3 is 5.97 Å². The van der Waals surface area contributed by atoms with Crippen molar-refractivity contribution in [2.24, 2.45) is 0 Å². The number of fused-ring (bicyclic) bond motifs is 1. The highest BCUT2D eigenvalue weighted by Gasteiger charge is 2.29. The second kappa shape index (κ2) is 7.62. The number of hydrogen-bond donors (Lipinski definition) is 1. The Balaban J connectivity index is 2.07. The standard InChI is InChI=1S/C23H24O6/c1-6-18-21(27-16-10-13(2)9-14(3)11-16)20(24)17-8-7-15(12-19(17)28-18)29-23(4,5)22(25)26/h7-12H,6H2,1-5H3,(H,25,26). The van der Waals surface area contributed by atoms with Gasteiger partial charge in [0.15, 0.2) is 11.4 Å². The minimum Gasteiger partial charge on any atom is -0.478 e. The van der Waals surface area contributed by atoms with E-state index in [4.69, 9.17) is 13.9 Å². The third-order valence-electron chi connectivity index (χ3n) is 4.51. The second-order valence-electron chi connectivity index (χ2n) is 7.54. The topological polar surface area (TPSA) is 86.0 Å². The van der Waals surface area contributed by atoms with E-state index < -0.39 is 11.6 Å². The number of aliphatic carboxylic acids is 1. The predicted octanol–water partition coefficient (Wildman–Crippen LogP) is 5.01. The minimum atomic E-state index is -1.41. The van der Waals surface area contributed by atoms with Gasteiger partial charge < -0.3 is 19.0 Å². The molecule has 0 aliphatic heterocycles. The van der Waals surface area contributed by atoms with Crippen LogP contribution in [0.15, 0.2) is 45.6 Å². The monoisotopic (exact) mass is 396 g/mol. The van der Waals surface area contributed by atoms with Gasteiger partial charge in [-0.1, -0.05) is 13.0 Å². The molecule has 0 bridgehead atoms. The smallest absolute Gasteiger partial charge is 0.347 e. The van der Waals surface area contributed by atoms with E-state index in [1.807, 2.05) is 39.0 Å². The first kappa shape index (κ1) is 20.5. The molecule has 0 saturated heterocycles. The maximum absolute atomic E-state index is 13.1. The summed E-state index contributed by atoms with van der Waals surface area (Å²) < 4.78 is 17.4. The van der Waals surface area contributed by atoms with Gasteiger partial charge in [0.1, 0.15) is 17.1 Å². The van der Waals surface area contributed by atoms with Crippen LogP contribution in [0.3, 0.4) is 0 Å². The molecular formula is C23H24O6. The Morgan fingerprint density at radius 1 is 1.07 bits per heavy atom. The molecule has 1 N–H and O–H groups in total. The van der Waals surface area contributed by atoms with Gasteiger partial charge in [0.25, 0.3) is 0 Å². The third kappa shape index (κ3) is 4.26. The average molecular weight is 396 g/mol. The molecule has 2 aromatic carbocycles. The minimum absolute atomic E-state index is 0.157. The summed E-state index contributed by atoms with van der Waals surface area (Å²) in [7, 11) is 0. The summed E-state index contributed by atoms with van der Waals surface area (Å²) in [6.45, 7) is 8.70. The van der Waals surface area contributed by atoms with Crippen molar-refractivity contribution in [3.05, 3.63) is 63.5 Å². The van der Waals surface area contributed by atoms with E-state index in [2.05, 4.69) is 0 Å². The average Bonchev–Trinajstić information content (AvgIpc) is 2.62. The lowest BCUT2D eigenvalue weighted by Crippen LogP contribution is -2.37. The number of benzene rings is 2. The van der Waals surface area contributed by atoms with Crippen molar-refractivity contribution in [2.75, 3.05) is 0 Å². The Bertz CT molecular complexity index is 1120. The molecule has 0 aliphatic carbocycles. The lowest BCUT2D eigenvalue weighted by Gasteiger charge is -2.21. The van der Waals surface area contributed by atoms with Crippen molar-refractivity contribution in [1.29, 1.82) is 0 Å². The SMILES string of the molecule is CCc1oc2cc(OC(C)(C)C(=O)O)ccc2c(=O)c1Oc1cc(C)cc(C)c1. The highest BCUT2D eigenvalue weighted by molar-refractivity contribution is 5.80. The maximum atomic E-state index is 13.1. The molecule has 1 heterocycles. The van der Waals surface area contributed by atoms with Crippen molar-refractivity contribution in [2.45, 2.75) is 46.6 Å². The number of carboxylic acid groups (broad SMARTS) is 1. The van der Waals surface area contributed by atoms with Crippen molar-refractivity contribution < 1.29 is 23.8 Å². The molecular weight excluding hydrogens is 372 g/mol. The Hall–Kier alpha value is -3.28. The number of carbonyl (C=O) groups is 1. The molecule has 29 heavy (non-hydrogen) atoms. The van der Waals surface area contributed by atoms with Gasteiger partial charge in [-0.3, -0.25) is 4.79 Å². The summed E-state index contributed by atoms with van der Waals surface area (Å²) >= 11 is 0. The largest absolute Gasteiger partial charge is 0.478 e. The van der Waals surface area contributed by atoms with E-state index >= 15 is 0 Å². The Morgan fingerprint density at radius 2 is 1.72 bits per heavy atom. The molecule has 3 rings (SSSR count). The van der Waals surface area contributed by atoms with E-state index in [0.29, 0.717) is 34.6 Å². The van der Waals surface area contributed by atoms with E-state index in [9.17, 15) is 14.7 Å². The number of aryl methyl sites for hydroxylation is 3. The van der Waals surface area contributed by atoms with Crippen molar-refractivity contribution in [3.8, 4) is 17.2 Å². The van der Waals surface area contributed by atoms with Crippen LogP contribution in [-0.2, 0) is 11.2 Å². The maximum Gasteiger partial charge on any atom is 0.347 e. The predicted molar refractivity (Wildman–Crippen MR) is 110 cm³/mol. The van der Waals surface area contributed by atoms with Crippen molar-refractivity contribution in [1.82, 2.24) is 0 Å². The zero-order valence-electron chi connectivity index (χ0n) is 17.2. The van der Waals surface area contributed by atoms with Crippen LogP contribution in [0.5, 0.6) is 17.2 Å². The number of carboxylic acids is 1. The fraction of sp³-hybridized carbons (Fsp3) is 0.304. The third-order valence-corrected chi connectivity index (χ3v) is 4.51. The molecule has 0 aliphatic rings. The van der Waals surface area contributed by atoms with Crippen LogP contribution in [0, 0.1) is 13.8 Å². The fourth-order valence-corrected chi connectivity index (χ4v) is 3.05. The van der Waals surface area contributed by atoms with Crippen molar-refractivity contribution in [3.63, 3.8) is 0 Å². The second-order valence-corrected chi connectivity index (χ2v) is 7.54. The first-order chi connectivity index (χ1) is 13.6. The normalized spacial score (nSPS) is 11.5. The van der Waals surface area contributed by atoms with Crippen LogP contribution in [0.4, 0.5) is 0 Å². The number of ether oxygens (including phenoxy) is 2. The van der Waals surface area contributed by atoms with Crippen LogP contribution in [-0.4, -0.2) is 16.7 Å². The van der Waals surface area contributed by atoms with E-state index in [1.165, 1.54) is 19.9 Å². The molecule has 6 nitrogen and oxygen atoms in total. The zero-order valence-corrected chi connectivity index (χ0v) is 17.2. The highest BCUT2D eigenvalue weighted by Crippen LogP contribution is 2.30. The van der Waals surface area contributed by atoms with E-state index in [-0.39, 0.29) is 11.2 Å².